The van der Waals surface area contributed by atoms with Crippen molar-refractivity contribution >= 4 is 47.4 Å². The molecule has 0 heterocycles. The zero-order chi connectivity index (χ0) is 18.3. The molecule has 9 heteroatoms. The van der Waals surface area contributed by atoms with Crippen molar-refractivity contribution in [2.45, 2.75) is 6.42 Å². The van der Waals surface area contributed by atoms with E-state index in [1.54, 1.807) is 38.4 Å². The van der Waals surface area contributed by atoms with E-state index in [-0.39, 0.29) is 29.9 Å². The minimum atomic E-state index is -0.191. The minimum Gasteiger partial charge on any atom is -0.382 e. The van der Waals surface area contributed by atoms with Crippen molar-refractivity contribution in [3.05, 3.63) is 34.9 Å². The zero-order valence-corrected chi connectivity index (χ0v) is 18.3. The third-order valence-electron chi connectivity index (χ3n) is 3.23. The lowest BCUT2D eigenvalue weighted by atomic mass is 10.2. The van der Waals surface area contributed by atoms with Gasteiger partial charge in [-0.25, -0.2) is 0 Å². The van der Waals surface area contributed by atoms with Crippen LogP contribution >= 0.6 is 35.6 Å². The molecule has 3 N–H and O–H groups in total. The van der Waals surface area contributed by atoms with Crippen LogP contribution in [0.4, 0.5) is 0 Å². The van der Waals surface area contributed by atoms with Gasteiger partial charge in [-0.2, -0.15) is 0 Å². The molecule has 0 aliphatic carbocycles. The zero-order valence-electron chi connectivity index (χ0n) is 15.2. The van der Waals surface area contributed by atoms with Crippen molar-refractivity contribution in [1.29, 1.82) is 0 Å². The van der Waals surface area contributed by atoms with Gasteiger partial charge in [0.05, 0.1) is 23.8 Å². The van der Waals surface area contributed by atoms with E-state index in [9.17, 15) is 4.79 Å². The summed E-state index contributed by atoms with van der Waals surface area (Å²) in [4.78, 5) is 16.1. The number of aliphatic imine (C=N–C) groups is 1. The fourth-order valence-electron chi connectivity index (χ4n) is 1.94. The molecule has 1 rings (SSSR count). The molecule has 7 nitrogen and oxygen atoms in total. The second kappa shape index (κ2) is 16.1. The van der Waals surface area contributed by atoms with Crippen molar-refractivity contribution < 1.29 is 14.3 Å². The molecule has 1 aromatic carbocycles. The molecule has 0 spiro atoms. The Morgan fingerprint density at radius 2 is 1.77 bits per heavy atom. The highest BCUT2D eigenvalue weighted by molar-refractivity contribution is 14.0. The second-order valence-corrected chi connectivity index (χ2v) is 5.53. The Morgan fingerprint density at radius 1 is 1.08 bits per heavy atom. The predicted octanol–water partition coefficient (Wildman–Crippen LogP) is 1.91. The number of nitrogens with one attached hydrogen (secondary N) is 3. The van der Waals surface area contributed by atoms with Gasteiger partial charge in [0.2, 0.25) is 0 Å². The maximum absolute atomic E-state index is 12.0. The summed E-state index contributed by atoms with van der Waals surface area (Å²) in [6, 6.07) is 6.96. The molecule has 148 valence electrons. The number of rotatable bonds is 11. The largest absolute Gasteiger partial charge is 0.382 e. The molecule has 0 saturated carbocycles. The van der Waals surface area contributed by atoms with E-state index < -0.39 is 0 Å². The first-order valence-electron chi connectivity index (χ1n) is 8.23. The first-order chi connectivity index (χ1) is 12.2. The number of methoxy groups -OCH3 is 1. The molecule has 0 aromatic heterocycles. The van der Waals surface area contributed by atoms with Crippen LogP contribution in [0.1, 0.15) is 16.8 Å². The number of carbonyl (C=O) groups is 1. The van der Waals surface area contributed by atoms with Crippen LogP contribution in [-0.2, 0) is 9.47 Å². The quantitative estimate of drug-likeness (QED) is 0.188. The maximum atomic E-state index is 12.0. The number of carbonyl (C=O) groups excluding carboxylic acids is 1. The Bertz CT molecular complexity index is 546. The van der Waals surface area contributed by atoms with Gasteiger partial charge in [0.25, 0.3) is 5.91 Å². The number of benzene rings is 1. The molecular formula is C17H28ClIN4O3. The smallest absolute Gasteiger partial charge is 0.252 e. The fraction of sp³-hybridized carbons (Fsp3) is 0.529. The molecule has 1 aromatic rings. The van der Waals surface area contributed by atoms with Gasteiger partial charge in [-0.1, -0.05) is 23.7 Å². The first kappa shape index (κ1) is 24.9. The number of guanidine groups is 1. The molecular weight excluding hydrogens is 471 g/mol. The average Bonchev–Trinajstić information content (AvgIpc) is 2.62. The number of hydrogen-bond donors (Lipinski definition) is 3. The lowest BCUT2D eigenvalue weighted by Crippen LogP contribution is -2.42. The monoisotopic (exact) mass is 498 g/mol. The number of hydrogen-bond acceptors (Lipinski definition) is 4. The summed E-state index contributed by atoms with van der Waals surface area (Å²) >= 11 is 5.99. The van der Waals surface area contributed by atoms with E-state index in [4.69, 9.17) is 21.1 Å². The van der Waals surface area contributed by atoms with Gasteiger partial charge in [0, 0.05) is 40.4 Å². The second-order valence-electron chi connectivity index (χ2n) is 5.12. The van der Waals surface area contributed by atoms with Gasteiger partial charge in [0.15, 0.2) is 5.96 Å². The summed E-state index contributed by atoms with van der Waals surface area (Å²) in [5.41, 5.74) is 0.472. The van der Waals surface area contributed by atoms with Gasteiger partial charge >= 0.3 is 0 Å². The third kappa shape index (κ3) is 10.8. The van der Waals surface area contributed by atoms with Gasteiger partial charge in [-0.3, -0.25) is 9.79 Å². The van der Waals surface area contributed by atoms with Gasteiger partial charge in [-0.05, 0) is 18.6 Å². The number of amides is 1. The van der Waals surface area contributed by atoms with Crippen LogP contribution in [0.5, 0.6) is 0 Å². The number of ether oxygens (including phenoxy) is 2. The molecule has 0 unspecified atom stereocenters. The molecule has 0 aliphatic heterocycles. The Kier molecular flexibility index (Phi) is 15.4. The molecule has 0 radical (unpaired) electrons. The molecule has 0 bridgehead atoms. The van der Waals surface area contributed by atoms with E-state index in [1.807, 2.05) is 0 Å². The lowest BCUT2D eigenvalue weighted by molar-refractivity contribution is 0.0698. The van der Waals surface area contributed by atoms with Crippen LogP contribution in [-0.4, -0.2) is 65.5 Å². The maximum Gasteiger partial charge on any atom is 0.252 e. The average molecular weight is 499 g/mol. The van der Waals surface area contributed by atoms with Crippen molar-refractivity contribution in [3.63, 3.8) is 0 Å². The summed E-state index contributed by atoms with van der Waals surface area (Å²) in [7, 11) is 3.35. The van der Waals surface area contributed by atoms with Gasteiger partial charge in [-0.15, -0.1) is 24.0 Å². The Labute approximate surface area is 177 Å². The summed E-state index contributed by atoms with van der Waals surface area (Å²) in [6.07, 6.45) is 0.869. The van der Waals surface area contributed by atoms with Gasteiger partial charge in [0.1, 0.15) is 0 Å². The Hall–Kier alpha value is -1.10. The summed E-state index contributed by atoms with van der Waals surface area (Å²) in [5, 5.41) is 9.57. The van der Waals surface area contributed by atoms with Crippen molar-refractivity contribution in [3.8, 4) is 0 Å². The van der Waals surface area contributed by atoms with E-state index in [2.05, 4.69) is 20.9 Å². The topological polar surface area (TPSA) is 84.0 Å². The van der Waals surface area contributed by atoms with E-state index in [1.165, 1.54) is 0 Å². The molecule has 0 aliphatic rings. The molecule has 1 amide bonds. The highest BCUT2D eigenvalue weighted by Crippen LogP contribution is 2.14. The Morgan fingerprint density at radius 3 is 2.46 bits per heavy atom. The van der Waals surface area contributed by atoms with E-state index in [0.29, 0.717) is 49.5 Å². The summed E-state index contributed by atoms with van der Waals surface area (Å²) in [5.74, 6) is 0.493. The minimum absolute atomic E-state index is 0. The van der Waals surface area contributed by atoms with Crippen LogP contribution in [0.3, 0.4) is 0 Å². The van der Waals surface area contributed by atoms with Crippen LogP contribution in [0, 0.1) is 0 Å². The standard InChI is InChI=1S/C17H27ClN4O3.HI/c1-19-17(21-8-5-11-25-13-12-24-2)22-10-9-20-16(23)14-6-3-4-7-15(14)18;/h3-4,6-7H,5,8-13H2,1-2H3,(H,20,23)(H2,19,21,22);1H. The summed E-state index contributed by atoms with van der Waals surface area (Å²) < 4.78 is 10.3. The summed E-state index contributed by atoms with van der Waals surface area (Å²) in [6.45, 7) is 3.65. The molecule has 0 atom stereocenters. The normalized spacial score (nSPS) is 10.8. The molecule has 26 heavy (non-hydrogen) atoms. The SMILES string of the molecule is CN=C(NCCCOCCOC)NCCNC(=O)c1ccccc1Cl.I. The Balaban J connectivity index is 0.00000625. The lowest BCUT2D eigenvalue weighted by Gasteiger charge is -2.12. The van der Waals surface area contributed by atoms with Crippen LogP contribution in [0.2, 0.25) is 5.02 Å². The predicted molar refractivity (Wildman–Crippen MR) is 116 cm³/mol. The van der Waals surface area contributed by atoms with Crippen molar-refractivity contribution in [1.82, 2.24) is 16.0 Å². The number of nitrogens with zero attached hydrogens (tertiary/aromatic N) is 1. The van der Waals surface area contributed by atoms with Crippen LogP contribution in [0.15, 0.2) is 29.3 Å². The van der Waals surface area contributed by atoms with Crippen LogP contribution in [0.25, 0.3) is 0 Å². The highest BCUT2D eigenvalue weighted by Gasteiger charge is 2.08. The van der Waals surface area contributed by atoms with Gasteiger partial charge < -0.3 is 25.4 Å². The van der Waals surface area contributed by atoms with E-state index in [0.717, 1.165) is 13.0 Å². The van der Waals surface area contributed by atoms with Crippen molar-refractivity contribution in [2.75, 3.05) is 53.6 Å². The van der Waals surface area contributed by atoms with E-state index >= 15 is 0 Å². The van der Waals surface area contributed by atoms with Crippen molar-refractivity contribution in [2.24, 2.45) is 4.99 Å². The highest BCUT2D eigenvalue weighted by atomic mass is 127. The molecule has 0 fully saturated rings. The first-order valence-corrected chi connectivity index (χ1v) is 8.60. The third-order valence-corrected chi connectivity index (χ3v) is 3.56. The molecule has 0 saturated heterocycles. The number of halogens is 2. The fourth-order valence-corrected chi connectivity index (χ4v) is 2.17. The van der Waals surface area contributed by atoms with Crippen LogP contribution < -0.4 is 16.0 Å².